The Labute approximate surface area is 95.2 Å². The zero-order valence-corrected chi connectivity index (χ0v) is 9.84. The fourth-order valence-electron chi connectivity index (χ4n) is 2.11. The molecule has 0 atom stereocenters. The van der Waals surface area contributed by atoms with Crippen LogP contribution in [0.4, 0.5) is 0 Å². The molecule has 0 saturated heterocycles. The van der Waals surface area contributed by atoms with Gasteiger partial charge in [-0.15, -0.1) is 0 Å². The third-order valence-corrected chi connectivity index (χ3v) is 2.85. The predicted octanol–water partition coefficient (Wildman–Crippen LogP) is -0.0267. The Kier molecular flexibility index (Phi) is 3.24. The van der Waals surface area contributed by atoms with Gasteiger partial charge in [0.15, 0.2) is 0 Å². The van der Waals surface area contributed by atoms with Crippen molar-refractivity contribution in [2.75, 3.05) is 13.1 Å². The van der Waals surface area contributed by atoms with E-state index >= 15 is 0 Å². The SMILES string of the molecule is CCNC(=O)Cn1c(C)nc2c1CCNC2. The largest absolute Gasteiger partial charge is 0.355 e. The molecular weight excluding hydrogens is 204 g/mol. The van der Waals surface area contributed by atoms with Crippen LogP contribution < -0.4 is 10.6 Å². The van der Waals surface area contributed by atoms with Crippen LogP contribution in [-0.2, 0) is 24.3 Å². The maximum absolute atomic E-state index is 11.6. The van der Waals surface area contributed by atoms with E-state index in [4.69, 9.17) is 0 Å². The number of nitrogens with zero attached hydrogens (tertiary/aromatic N) is 2. The zero-order valence-electron chi connectivity index (χ0n) is 9.84. The van der Waals surface area contributed by atoms with E-state index in [1.165, 1.54) is 5.69 Å². The van der Waals surface area contributed by atoms with Gasteiger partial charge >= 0.3 is 0 Å². The molecule has 2 N–H and O–H groups in total. The Morgan fingerprint density at radius 2 is 2.44 bits per heavy atom. The number of nitrogens with one attached hydrogen (secondary N) is 2. The quantitative estimate of drug-likeness (QED) is 0.755. The van der Waals surface area contributed by atoms with E-state index in [0.717, 1.165) is 31.0 Å². The first-order chi connectivity index (χ1) is 7.72. The van der Waals surface area contributed by atoms with Crippen molar-refractivity contribution < 1.29 is 4.79 Å². The Hall–Kier alpha value is -1.36. The molecule has 0 spiro atoms. The lowest BCUT2D eigenvalue weighted by Gasteiger charge is -2.15. The minimum absolute atomic E-state index is 0.0596. The Balaban J connectivity index is 2.19. The molecule has 16 heavy (non-hydrogen) atoms. The molecule has 1 amide bonds. The lowest BCUT2D eigenvalue weighted by Crippen LogP contribution is -2.30. The first-order valence-electron chi connectivity index (χ1n) is 5.74. The predicted molar refractivity (Wildman–Crippen MR) is 61.1 cm³/mol. The van der Waals surface area contributed by atoms with Crippen molar-refractivity contribution in [1.82, 2.24) is 20.2 Å². The highest BCUT2D eigenvalue weighted by atomic mass is 16.1. The van der Waals surface area contributed by atoms with Gasteiger partial charge in [-0.3, -0.25) is 4.79 Å². The van der Waals surface area contributed by atoms with Crippen LogP contribution in [0.3, 0.4) is 0 Å². The van der Waals surface area contributed by atoms with Gasteiger partial charge in [0.25, 0.3) is 0 Å². The molecule has 0 unspecified atom stereocenters. The van der Waals surface area contributed by atoms with Gasteiger partial charge in [0.05, 0.1) is 5.69 Å². The van der Waals surface area contributed by atoms with Crippen molar-refractivity contribution in [3.63, 3.8) is 0 Å². The van der Waals surface area contributed by atoms with Gasteiger partial charge in [-0.2, -0.15) is 0 Å². The average Bonchev–Trinajstić information content (AvgIpc) is 2.56. The van der Waals surface area contributed by atoms with Gasteiger partial charge in [0, 0.05) is 31.7 Å². The van der Waals surface area contributed by atoms with E-state index in [1.54, 1.807) is 0 Å². The second-order valence-corrected chi connectivity index (χ2v) is 4.02. The highest BCUT2D eigenvalue weighted by Crippen LogP contribution is 2.15. The van der Waals surface area contributed by atoms with Crippen LogP contribution in [0, 0.1) is 6.92 Å². The van der Waals surface area contributed by atoms with Crippen LogP contribution in [0.5, 0.6) is 0 Å². The van der Waals surface area contributed by atoms with Gasteiger partial charge in [0.1, 0.15) is 12.4 Å². The normalized spacial score (nSPS) is 14.6. The van der Waals surface area contributed by atoms with Gasteiger partial charge in [-0.05, 0) is 13.8 Å². The summed E-state index contributed by atoms with van der Waals surface area (Å²) in [5, 5.41) is 6.10. The number of aryl methyl sites for hydroxylation is 1. The van der Waals surface area contributed by atoms with Crippen molar-refractivity contribution in [2.24, 2.45) is 0 Å². The third-order valence-electron chi connectivity index (χ3n) is 2.85. The molecule has 88 valence electrons. The summed E-state index contributed by atoms with van der Waals surface area (Å²) in [6.07, 6.45) is 0.954. The van der Waals surface area contributed by atoms with Crippen LogP contribution in [0.1, 0.15) is 24.1 Å². The maximum Gasteiger partial charge on any atom is 0.239 e. The zero-order chi connectivity index (χ0) is 11.5. The summed E-state index contributed by atoms with van der Waals surface area (Å²) in [6, 6.07) is 0. The van der Waals surface area contributed by atoms with Gasteiger partial charge < -0.3 is 15.2 Å². The van der Waals surface area contributed by atoms with E-state index in [2.05, 4.69) is 15.6 Å². The van der Waals surface area contributed by atoms with Crippen molar-refractivity contribution in [1.29, 1.82) is 0 Å². The smallest absolute Gasteiger partial charge is 0.239 e. The number of hydrogen-bond acceptors (Lipinski definition) is 3. The van der Waals surface area contributed by atoms with Gasteiger partial charge in [-0.25, -0.2) is 4.98 Å². The first kappa shape index (κ1) is 11.1. The molecule has 0 fully saturated rings. The number of carbonyl (C=O) groups excluding carboxylic acids is 1. The van der Waals surface area contributed by atoms with Crippen molar-refractivity contribution in [3.05, 3.63) is 17.2 Å². The standard InChI is InChI=1S/C11H18N4O/c1-3-13-11(16)7-15-8(2)14-9-6-12-5-4-10(9)15/h12H,3-7H2,1-2H3,(H,13,16). The number of aromatic nitrogens is 2. The molecule has 0 radical (unpaired) electrons. The van der Waals surface area contributed by atoms with Crippen LogP contribution in [0.2, 0.25) is 0 Å². The number of carbonyl (C=O) groups is 1. The van der Waals surface area contributed by atoms with E-state index in [-0.39, 0.29) is 5.91 Å². The number of fused-ring (bicyclic) bond motifs is 1. The second-order valence-electron chi connectivity index (χ2n) is 4.02. The molecule has 5 nitrogen and oxygen atoms in total. The Morgan fingerprint density at radius 1 is 1.62 bits per heavy atom. The molecule has 0 aliphatic carbocycles. The van der Waals surface area contributed by atoms with Gasteiger partial charge in [-0.1, -0.05) is 0 Å². The monoisotopic (exact) mass is 222 g/mol. The van der Waals surface area contributed by atoms with E-state index in [9.17, 15) is 4.79 Å². The molecule has 2 rings (SSSR count). The number of rotatable bonds is 3. The number of imidazole rings is 1. The summed E-state index contributed by atoms with van der Waals surface area (Å²) in [6.45, 7) is 6.74. The summed E-state index contributed by atoms with van der Waals surface area (Å²) in [5.41, 5.74) is 2.30. The number of likely N-dealkylation sites (N-methyl/N-ethyl adjacent to an activating group) is 1. The molecule has 1 aliphatic heterocycles. The van der Waals surface area contributed by atoms with E-state index in [0.29, 0.717) is 13.1 Å². The van der Waals surface area contributed by atoms with Gasteiger partial charge in [0.2, 0.25) is 5.91 Å². The summed E-state index contributed by atoms with van der Waals surface area (Å²) >= 11 is 0. The molecule has 2 heterocycles. The fraction of sp³-hybridized carbons (Fsp3) is 0.636. The van der Waals surface area contributed by atoms with Crippen LogP contribution in [0.25, 0.3) is 0 Å². The highest BCUT2D eigenvalue weighted by Gasteiger charge is 2.18. The average molecular weight is 222 g/mol. The summed E-state index contributed by atoms with van der Waals surface area (Å²) in [4.78, 5) is 16.1. The topological polar surface area (TPSA) is 59.0 Å². The molecule has 1 aromatic heterocycles. The minimum atomic E-state index is 0.0596. The van der Waals surface area contributed by atoms with Crippen LogP contribution >= 0.6 is 0 Å². The summed E-state index contributed by atoms with van der Waals surface area (Å²) < 4.78 is 2.03. The van der Waals surface area contributed by atoms with Crippen LogP contribution in [-0.4, -0.2) is 28.5 Å². The minimum Gasteiger partial charge on any atom is -0.355 e. The molecule has 0 bridgehead atoms. The lowest BCUT2D eigenvalue weighted by molar-refractivity contribution is -0.121. The van der Waals surface area contributed by atoms with E-state index < -0.39 is 0 Å². The first-order valence-corrected chi connectivity index (χ1v) is 5.74. The molecule has 5 heteroatoms. The number of hydrogen-bond donors (Lipinski definition) is 2. The Morgan fingerprint density at radius 3 is 3.19 bits per heavy atom. The second kappa shape index (κ2) is 4.65. The summed E-state index contributed by atoms with van der Waals surface area (Å²) in [7, 11) is 0. The Bertz CT molecular complexity index is 397. The van der Waals surface area contributed by atoms with Crippen molar-refractivity contribution in [3.8, 4) is 0 Å². The fourth-order valence-corrected chi connectivity index (χ4v) is 2.11. The van der Waals surface area contributed by atoms with Crippen molar-refractivity contribution >= 4 is 5.91 Å². The van der Waals surface area contributed by atoms with Crippen LogP contribution in [0.15, 0.2) is 0 Å². The molecule has 0 aromatic carbocycles. The molecule has 0 saturated carbocycles. The van der Waals surface area contributed by atoms with E-state index in [1.807, 2.05) is 18.4 Å². The maximum atomic E-state index is 11.6. The highest BCUT2D eigenvalue weighted by molar-refractivity contribution is 5.75. The number of amides is 1. The molecule has 1 aliphatic rings. The van der Waals surface area contributed by atoms with Crippen molar-refractivity contribution in [2.45, 2.75) is 33.4 Å². The lowest BCUT2D eigenvalue weighted by atomic mass is 10.2. The summed E-state index contributed by atoms with van der Waals surface area (Å²) in [5.74, 6) is 0.990. The molecule has 1 aromatic rings. The molecular formula is C11H18N4O. The third kappa shape index (κ3) is 2.09.